The summed E-state index contributed by atoms with van der Waals surface area (Å²) in [5.74, 6) is 0.830. The minimum absolute atomic E-state index is 0.174. The van der Waals surface area contributed by atoms with Gasteiger partial charge in [-0.15, -0.1) is 21.9 Å². The van der Waals surface area contributed by atoms with Crippen molar-refractivity contribution in [2.45, 2.75) is 6.92 Å². The van der Waals surface area contributed by atoms with Crippen molar-refractivity contribution in [2.75, 3.05) is 0 Å². The Labute approximate surface area is 290 Å². The lowest BCUT2D eigenvalue weighted by atomic mass is 9.59. The molecule has 0 spiro atoms. The van der Waals surface area contributed by atoms with Crippen LogP contribution in [0.5, 0.6) is 0 Å². The Balaban J connectivity index is 1.60. The van der Waals surface area contributed by atoms with E-state index in [0.29, 0.717) is 32.7 Å². The van der Waals surface area contributed by atoms with Crippen molar-refractivity contribution in [3.63, 3.8) is 0 Å². The van der Waals surface area contributed by atoms with Crippen molar-refractivity contribution < 1.29 is 0 Å². The summed E-state index contributed by atoms with van der Waals surface area (Å²) in [5.41, 5.74) is 7.41. The fraction of sp³-hybridized carbons (Fsp3) is 0.0263. The van der Waals surface area contributed by atoms with Gasteiger partial charge in [-0.25, -0.2) is 4.98 Å². The van der Waals surface area contributed by atoms with Gasteiger partial charge in [-0.3, -0.25) is 4.57 Å². The largest absolute Gasteiger partial charge is 0.297 e. The predicted molar refractivity (Wildman–Crippen MR) is 212 cm³/mol. The smallest absolute Gasteiger partial charge is 0.113 e. The molecule has 0 unspecified atom stereocenters. The maximum absolute atomic E-state index is 6.94. The third-order valence-electron chi connectivity index (χ3n) is 9.48. The summed E-state index contributed by atoms with van der Waals surface area (Å²) in [6.07, 6.45) is 0. The van der Waals surface area contributed by atoms with Crippen LogP contribution in [0.2, 0.25) is 0 Å². The van der Waals surface area contributed by atoms with Crippen LogP contribution in [-0.4, -0.2) is 72.3 Å². The minimum atomic E-state index is 0.174. The van der Waals surface area contributed by atoms with E-state index in [1.165, 1.54) is 0 Å². The van der Waals surface area contributed by atoms with E-state index in [2.05, 4.69) is 16.7 Å². The van der Waals surface area contributed by atoms with Gasteiger partial charge in [0.15, 0.2) is 0 Å². The molecule has 0 bridgehead atoms. The molecule has 0 N–H and O–H groups in total. The van der Waals surface area contributed by atoms with Crippen molar-refractivity contribution in [3.8, 4) is 27.9 Å². The molecule has 1 aromatic heterocycles. The quantitative estimate of drug-likeness (QED) is 0.217. The zero-order valence-electron chi connectivity index (χ0n) is 26.2. The van der Waals surface area contributed by atoms with Crippen LogP contribution < -0.4 is 43.7 Å². The minimum Gasteiger partial charge on any atom is -0.297 e. The molecular weight excluding hydrogens is 571 g/mol. The summed E-state index contributed by atoms with van der Waals surface area (Å²) in [6, 6.07) is 30.2. The van der Waals surface area contributed by atoms with Crippen molar-refractivity contribution in [3.05, 3.63) is 96.8 Å². The first-order valence-corrected chi connectivity index (χ1v) is 15.4. The zero-order chi connectivity index (χ0) is 33.6. The molecule has 204 valence electrons. The number of para-hydroxylation sites is 2. The number of fused-ring (bicyclic) bond motifs is 4. The maximum atomic E-state index is 6.94. The molecule has 48 heavy (non-hydrogen) atoms. The van der Waals surface area contributed by atoms with Gasteiger partial charge in [0.1, 0.15) is 68.6 Å². The van der Waals surface area contributed by atoms with E-state index in [-0.39, 0.29) is 43.7 Å². The second-order valence-electron chi connectivity index (χ2n) is 12.2. The van der Waals surface area contributed by atoms with Crippen LogP contribution >= 0.6 is 0 Å². The number of aromatic nitrogens is 2. The highest BCUT2D eigenvalue weighted by Crippen LogP contribution is 2.41. The van der Waals surface area contributed by atoms with Gasteiger partial charge < -0.3 is 0 Å². The van der Waals surface area contributed by atoms with E-state index < -0.39 is 0 Å². The molecule has 1 heterocycles. The van der Waals surface area contributed by atoms with Crippen molar-refractivity contribution in [1.82, 2.24) is 9.55 Å². The first-order chi connectivity index (χ1) is 23.1. The molecular formula is C38H18B8N2. The lowest BCUT2D eigenvalue weighted by molar-refractivity contribution is 1.00. The fourth-order valence-electron chi connectivity index (χ4n) is 7.14. The van der Waals surface area contributed by atoms with E-state index in [9.17, 15) is 0 Å². The second-order valence-corrected chi connectivity index (χ2v) is 12.2. The number of rotatable bonds is 3. The fourth-order valence-corrected chi connectivity index (χ4v) is 7.14. The third kappa shape index (κ3) is 4.34. The lowest BCUT2D eigenvalue weighted by Crippen LogP contribution is -2.50. The first kappa shape index (κ1) is 30.6. The van der Waals surface area contributed by atoms with E-state index in [0.717, 1.165) is 44.4 Å². The van der Waals surface area contributed by atoms with Gasteiger partial charge in [-0.2, -0.15) is 0 Å². The number of hydrogen-bond donors (Lipinski definition) is 0. The monoisotopic (exact) mass is 590 g/mol. The lowest BCUT2D eigenvalue weighted by Gasteiger charge is -2.28. The van der Waals surface area contributed by atoms with Crippen LogP contribution in [0.1, 0.15) is 5.82 Å². The Morgan fingerprint density at radius 2 is 0.958 bits per heavy atom. The summed E-state index contributed by atoms with van der Waals surface area (Å²) in [6.45, 7) is 1.97. The summed E-state index contributed by atoms with van der Waals surface area (Å²) in [4.78, 5) is 4.78. The molecule has 0 aliphatic heterocycles. The van der Waals surface area contributed by atoms with Crippen LogP contribution in [0, 0.1) is 6.92 Å². The predicted octanol–water partition coefficient (Wildman–Crippen LogP) is 0.478. The molecule has 8 rings (SSSR count). The molecule has 7 aromatic carbocycles. The van der Waals surface area contributed by atoms with Crippen molar-refractivity contribution in [2.24, 2.45) is 0 Å². The molecule has 0 amide bonds. The standard InChI is InChI=1S/C38H18B8N2/c1-17-47-23-11-4-5-12-24(23)48(17)22-10-6-9-20(16-22)25-27-29(33(41)37(45)35(43)31(27)39)26(21-14-13-18-7-2-3-8-19(18)15-21)30-28(25)32(40)36(44)38(46)34(30)42/h2-16H,1H3. The molecule has 0 atom stereocenters. The molecule has 10 heteroatoms. The number of benzene rings is 7. The normalized spacial score (nSPS) is 11.7. The van der Waals surface area contributed by atoms with Crippen LogP contribution in [0.15, 0.2) is 91.0 Å². The van der Waals surface area contributed by atoms with Crippen LogP contribution in [0.25, 0.3) is 71.3 Å². The summed E-state index contributed by atoms with van der Waals surface area (Å²) < 4.78 is 2.10. The molecule has 8 aromatic rings. The van der Waals surface area contributed by atoms with Gasteiger partial charge >= 0.3 is 0 Å². The molecule has 0 saturated heterocycles. The Bertz CT molecular complexity index is 2600. The molecule has 2 nitrogen and oxygen atoms in total. The Hall–Kier alpha value is -4.69. The Morgan fingerprint density at radius 3 is 1.54 bits per heavy atom. The number of nitrogens with zero attached hydrogens (tertiary/aromatic N) is 2. The van der Waals surface area contributed by atoms with E-state index in [1.807, 2.05) is 85.8 Å². The third-order valence-corrected chi connectivity index (χ3v) is 9.48. The molecule has 0 fully saturated rings. The second kappa shape index (κ2) is 11.2. The number of imidazole rings is 1. The van der Waals surface area contributed by atoms with E-state index >= 15 is 0 Å². The van der Waals surface area contributed by atoms with Gasteiger partial charge in [0.05, 0.1) is 11.0 Å². The summed E-state index contributed by atoms with van der Waals surface area (Å²) >= 11 is 0. The molecule has 0 aliphatic carbocycles. The van der Waals surface area contributed by atoms with Gasteiger partial charge in [0.2, 0.25) is 0 Å². The number of aryl methyl sites for hydroxylation is 1. The van der Waals surface area contributed by atoms with Crippen molar-refractivity contribution in [1.29, 1.82) is 0 Å². The SMILES string of the molecule is [B]c1c([B])c([B])c2c(-c3ccc4ccccc4c3)c3c([B])c([B])c([B])c([B])c3c(-c3cccc(-n4c(C)nc5ccccc54)c3)c2c1[B]. The van der Waals surface area contributed by atoms with Gasteiger partial charge in [0.25, 0.3) is 0 Å². The summed E-state index contributed by atoms with van der Waals surface area (Å²) in [7, 11) is 54.0. The topological polar surface area (TPSA) is 17.8 Å². The first-order valence-electron chi connectivity index (χ1n) is 15.4. The highest BCUT2D eigenvalue weighted by Gasteiger charge is 2.25. The average molecular weight is 589 g/mol. The van der Waals surface area contributed by atoms with Crippen LogP contribution in [-0.2, 0) is 0 Å². The van der Waals surface area contributed by atoms with Gasteiger partial charge in [-0.05, 0) is 91.8 Å². The van der Waals surface area contributed by atoms with Gasteiger partial charge in [0, 0.05) is 5.69 Å². The number of hydrogen-bond acceptors (Lipinski definition) is 1. The highest BCUT2D eigenvalue weighted by atomic mass is 15.1. The van der Waals surface area contributed by atoms with Crippen molar-refractivity contribution >= 4 is 150 Å². The van der Waals surface area contributed by atoms with Crippen LogP contribution in [0.3, 0.4) is 0 Å². The Kier molecular flexibility index (Phi) is 7.14. The zero-order valence-corrected chi connectivity index (χ0v) is 26.2. The average Bonchev–Trinajstić information content (AvgIpc) is 3.45. The van der Waals surface area contributed by atoms with Crippen LogP contribution in [0.4, 0.5) is 0 Å². The van der Waals surface area contributed by atoms with E-state index in [4.69, 9.17) is 67.8 Å². The molecule has 0 aliphatic rings. The molecule has 0 saturated carbocycles. The Morgan fingerprint density at radius 1 is 0.458 bits per heavy atom. The van der Waals surface area contributed by atoms with Gasteiger partial charge in [-0.1, -0.05) is 82.5 Å². The van der Waals surface area contributed by atoms with E-state index in [1.54, 1.807) is 0 Å². The summed E-state index contributed by atoms with van der Waals surface area (Å²) in [5, 5.41) is 4.41. The highest BCUT2D eigenvalue weighted by molar-refractivity contribution is 6.71. The molecule has 16 radical (unpaired) electrons. The maximum Gasteiger partial charge on any atom is 0.113 e.